The lowest BCUT2D eigenvalue weighted by Crippen LogP contribution is -2.37. The van der Waals surface area contributed by atoms with Crippen molar-refractivity contribution in [2.75, 3.05) is 18.0 Å². The van der Waals surface area contributed by atoms with Gasteiger partial charge in [0.1, 0.15) is 11.7 Å². The third-order valence-electron chi connectivity index (χ3n) is 4.28. The van der Waals surface area contributed by atoms with E-state index < -0.39 is 11.9 Å². The third-order valence-corrected chi connectivity index (χ3v) is 4.28. The third kappa shape index (κ3) is 5.55. The zero-order chi connectivity index (χ0) is 18.2. The summed E-state index contributed by atoms with van der Waals surface area (Å²) in [6.45, 7) is 0.921. The van der Waals surface area contributed by atoms with Gasteiger partial charge >= 0.3 is 5.97 Å². The van der Waals surface area contributed by atoms with Gasteiger partial charge in [0.25, 0.3) is 0 Å². The molecular weight excluding hydrogens is 327 g/mol. The van der Waals surface area contributed by atoms with Gasteiger partial charge < -0.3 is 15.3 Å². The Morgan fingerprint density at radius 3 is 2.52 bits per heavy atom. The van der Waals surface area contributed by atoms with Crippen molar-refractivity contribution in [3.8, 4) is 0 Å². The second-order valence-electron chi connectivity index (χ2n) is 6.16. The van der Waals surface area contributed by atoms with Gasteiger partial charge in [0.2, 0.25) is 11.8 Å². The Balaban J connectivity index is 1.71. The van der Waals surface area contributed by atoms with Gasteiger partial charge in [-0.2, -0.15) is 0 Å². The minimum Gasteiger partial charge on any atom is -0.481 e. The number of unbranched alkanes of at least 4 members (excludes halogenated alkanes) is 3. The molecule has 0 bridgehead atoms. The summed E-state index contributed by atoms with van der Waals surface area (Å²) in [6.07, 6.45) is 3.66. The number of nitrogens with one attached hydrogen (secondary N) is 1. The van der Waals surface area contributed by atoms with Gasteiger partial charge in [0.05, 0.1) is 0 Å². The van der Waals surface area contributed by atoms with Crippen LogP contribution >= 0.6 is 0 Å². The monoisotopic (exact) mass is 350 g/mol. The molecule has 0 radical (unpaired) electrons. The number of carboxylic acids is 1. The summed E-state index contributed by atoms with van der Waals surface area (Å²) in [5.41, 5.74) is 0.597. The molecule has 1 aromatic rings. The fourth-order valence-electron chi connectivity index (χ4n) is 2.89. The Bertz CT molecular complexity index is 618. The maximum atomic E-state index is 13.0. The molecule has 2 rings (SSSR count). The number of halogens is 1. The highest BCUT2D eigenvalue weighted by atomic mass is 19.1. The van der Waals surface area contributed by atoms with Crippen molar-refractivity contribution < 1.29 is 23.9 Å². The Morgan fingerprint density at radius 1 is 1.16 bits per heavy atom. The average Bonchev–Trinajstić information content (AvgIpc) is 2.96. The van der Waals surface area contributed by atoms with E-state index in [0.29, 0.717) is 31.6 Å². The fourth-order valence-corrected chi connectivity index (χ4v) is 2.89. The number of benzene rings is 1. The summed E-state index contributed by atoms with van der Waals surface area (Å²) in [4.78, 5) is 36.5. The highest BCUT2D eigenvalue weighted by molar-refractivity contribution is 6.09. The maximum absolute atomic E-state index is 13.0. The summed E-state index contributed by atoms with van der Waals surface area (Å²) in [5.74, 6) is -2.39. The SMILES string of the molecule is O=C(O)CCCCCCNC(=O)C1CCN(c2ccc(F)cc2)C1=O. The van der Waals surface area contributed by atoms with Crippen molar-refractivity contribution in [2.45, 2.75) is 38.5 Å². The van der Waals surface area contributed by atoms with E-state index in [4.69, 9.17) is 5.11 Å². The molecule has 7 heteroatoms. The van der Waals surface area contributed by atoms with E-state index in [2.05, 4.69) is 5.32 Å². The zero-order valence-corrected chi connectivity index (χ0v) is 14.0. The van der Waals surface area contributed by atoms with Crippen LogP contribution in [0.5, 0.6) is 0 Å². The smallest absolute Gasteiger partial charge is 0.303 e. The number of hydrogen-bond donors (Lipinski definition) is 2. The molecule has 1 saturated heterocycles. The molecule has 0 saturated carbocycles. The van der Waals surface area contributed by atoms with E-state index in [1.54, 1.807) is 0 Å². The van der Waals surface area contributed by atoms with Crippen molar-refractivity contribution in [3.05, 3.63) is 30.1 Å². The number of anilines is 1. The zero-order valence-electron chi connectivity index (χ0n) is 14.0. The van der Waals surface area contributed by atoms with Crippen molar-refractivity contribution >= 4 is 23.5 Å². The molecule has 1 atom stereocenters. The number of nitrogens with zero attached hydrogens (tertiary/aromatic N) is 1. The first kappa shape index (κ1) is 18.9. The number of carbonyl (C=O) groups is 3. The molecule has 1 heterocycles. The van der Waals surface area contributed by atoms with Crippen LogP contribution in [0.15, 0.2) is 24.3 Å². The lowest BCUT2D eigenvalue weighted by atomic mass is 10.1. The minimum atomic E-state index is -0.793. The van der Waals surface area contributed by atoms with Gasteiger partial charge in [0.15, 0.2) is 0 Å². The average molecular weight is 350 g/mol. The molecule has 2 amide bonds. The molecule has 25 heavy (non-hydrogen) atoms. The van der Waals surface area contributed by atoms with Crippen LogP contribution in [-0.4, -0.2) is 36.0 Å². The molecule has 136 valence electrons. The van der Waals surface area contributed by atoms with E-state index in [-0.39, 0.29) is 24.1 Å². The molecule has 1 aliphatic heterocycles. The normalized spacial score (nSPS) is 16.9. The van der Waals surface area contributed by atoms with Crippen molar-refractivity contribution in [1.82, 2.24) is 5.32 Å². The number of carboxylic acid groups (broad SMARTS) is 1. The summed E-state index contributed by atoms with van der Waals surface area (Å²) in [6, 6.07) is 5.65. The predicted molar refractivity (Wildman–Crippen MR) is 90.6 cm³/mol. The molecule has 1 fully saturated rings. The van der Waals surface area contributed by atoms with Crippen molar-refractivity contribution in [3.63, 3.8) is 0 Å². The number of aliphatic carboxylic acids is 1. The van der Waals surface area contributed by atoms with E-state index in [1.807, 2.05) is 0 Å². The molecule has 0 spiro atoms. The van der Waals surface area contributed by atoms with E-state index in [0.717, 1.165) is 19.3 Å². The van der Waals surface area contributed by atoms with Crippen LogP contribution in [0.2, 0.25) is 0 Å². The Kier molecular flexibility index (Phi) is 6.91. The molecule has 2 N–H and O–H groups in total. The molecule has 1 aliphatic rings. The molecular formula is C18H23FN2O4. The summed E-state index contributed by atoms with van der Waals surface area (Å²) in [5, 5.41) is 11.3. The van der Waals surface area contributed by atoms with E-state index in [9.17, 15) is 18.8 Å². The number of carbonyl (C=O) groups excluding carboxylic acids is 2. The van der Waals surface area contributed by atoms with Crippen molar-refractivity contribution in [1.29, 1.82) is 0 Å². The molecule has 1 unspecified atom stereocenters. The summed E-state index contributed by atoms with van der Waals surface area (Å²) >= 11 is 0. The highest BCUT2D eigenvalue weighted by Crippen LogP contribution is 2.25. The Morgan fingerprint density at radius 2 is 1.84 bits per heavy atom. The van der Waals surface area contributed by atoms with Crippen LogP contribution in [0.4, 0.5) is 10.1 Å². The van der Waals surface area contributed by atoms with Gasteiger partial charge in [-0.05, 0) is 43.5 Å². The molecule has 6 nitrogen and oxygen atoms in total. The summed E-state index contributed by atoms with van der Waals surface area (Å²) < 4.78 is 13.0. The van der Waals surface area contributed by atoms with Crippen LogP contribution in [0.1, 0.15) is 38.5 Å². The van der Waals surface area contributed by atoms with E-state index >= 15 is 0 Å². The van der Waals surface area contributed by atoms with Crippen LogP contribution < -0.4 is 10.2 Å². The van der Waals surface area contributed by atoms with Crippen LogP contribution in [0.3, 0.4) is 0 Å². The Hall–Kier alpha value is -2.44. The fraction of sp³-hybridized carbons (Fsp3) is 0.500. The van der Waals surface area contributed by atoms with Crippen LogP contribution in [0.25, 0.3) is 0 Å². The largest absolute Gasteiger partial charge is 0.481 e. The highest BCUT2D eigenvalue weighted by Gasteiger charge is 2.37. The van der Waals surface area contributed by atoms with Crippen LogP contribution in [-0.2, 0) is 14.4 Å². The number of rotatable bonds is 9. The molecule has 0 aromatic heterocycles. The van der Waals surface area contributed by atoms with Gasteiger partial charge in [-0.15, -0.1) is 0 Å². The Labute approximate surface area is 146 Å². The first-order chi connectivity index (χ1) is 12.0. The standard InChI is InChI=1S/C18H23FN2O4/c19-13-6-8-14(9-7-13)21-12-10-15(18(21)25)17(24)20-11-4-2-1-3-5-16(22)23/h6-9,15H,1-5,10-12H2,(H,20,24)(H,22,23). The quantitative estimate of drug-likeness (QED) is 0.529. The first-order valence-corrected chi connectivity index (χ1v) is 8.55. The van der Waals surface area contributed by atoms with E-state index in [1.165, 1.54) is 29.2 Å². The number of amides is 2. The maximum Gasteiger partial charge on any atom is 0.303 e. The van der Waals surface area contributed by atoms with Gasteiger partial charge in [-0.3, -0.25) is 14.4 Å². The van der Waals surface area contributed by atoms with Crippen molar-refractivity contribution in [2.24, 2.45) is 5.92 Å². The number of hydrogen-bond acceptors (Lipinski definition) is 3. The minimum absolute atomic E-state index is 0.169. The van der Waals surface area contributed by atoms with Gasteiger partial charge in [-0.1, -0.05) is 12.8 Å². The van der Waals surface area contributed by atoms with Gasteiger partial charge in [0, 0.05) is 25.2 Å². The van der Waals surface area contributed by atoms with Crippen LogP contribution in [0, 0.1) is 11.7 Å². The predicted octanol–water partition coefficient (Wildman–Crippen LogP) is 2.33. The first-order valence-electron chi connectivity index (χ1n) is 8.55. The molecule has 1 aromatic carbocycles. The van der Waals surface area contributed by atoms with Gasteiger partial charge in [-0.25, -0.2) is 4.39 Å². The lowest BCUT2D eigenvalue weighted by Gasteiger charge is -2.16. The second kappa shape index (κ2) is 9.15. The summed E-state index contributed by atoms with van der Waals surface area (Å²) in [7, 11) is 0. The molecule has 0 aliphatic carbocycles. The second-order valence-corrected chi connectivity index (χ2v) is 6.16. The topological polar surface area (TPSA) is 86.7 Å². The lowest BCUT2D eigenvalue weighted by molar-refractivity contribution is -0.137.